The molecule has 2 heterocycles. The monoisotopic (exact) mass is 318 g/mol. The van der Waals surface area contributed by atoms with Crippen LogP contribution in [0, 0.1) is 5.82 Å². The van der Waals surface area contributed by atoms with Crippen LogP contribution in [0.15, 0.2) is 24.4 Å². The van der Waals surface area contributed by atoms with Gasteiger partial charge in [0.05, 0.1) is 0 Å². The molecule has 2 aromatic rings. The van der Waals surface area contributed by atoms with Gasteiger partial charge in [0.2, 0.25) is 0 Å². The fraction of sp³-hybridized carbons (Fsp3) is 0.500. The zero-order valence-corrected chi connectivity index (χ0v) is 13.9. The predicted octanol–water partition coefficient (Wildman–Crippen LogP) is 4.42. The van der Waals surface area contributed by atoms with E-state index >= 15 is 0 Å². The number of benzene rings is 1. The van der Waals surface area contributed by atoms with Crippen LogP contribution in [0.2, 0.25) is 0 Å². The number of carbonyl (C=O) groups excluding carboxylic acids is 1. The predicted molar refractivity (Wildman–Crippen MR) is 88.0 cm³/mol. The molecule has 0 radical (unpaired) electrons. The number of piperidine rings is 1. The first-order chi connectivity index (χ1) is 10.8. The molecule has 1 aromatic heterocycles. The second-order valence-electron chi connectivity index (χ2n) is 7.18. The van der Waals surface area contributed by atoms with Gasteiger partial charge in [-0.1, -0.05) is 0 Å². The fourth-order valence-electron chi connectivity index (χ4n) is 3.10. The maximum atomic E-state index is 14.3. The number of likely N-dealkylation sites (tertiary alicyclic amines) is 1. The Morgan fingerprint density at radius 2 is 2.00 bits per heavy atom. The highest BCUT2D eigenvalue weighted by Gasteiger charge is 2.28. The van der Waals surface area contributed by atoms with E-state index in [2.05, 4.69) is 4.98 Å². The third-order valence-corrected chi connectivity index (χ3v) is 4.26. The summed E-state index contributed by atoms with van der Waals surface area (Å²) in [5.41, 5.74) is 1.08. The van der Waals surface area contributed by atoms with Crippen molar-refractivity contribution in [2.75, 3.05) is 13.1 Å². The number of nitrogens with one attached hydrogen (secondary N) is 1. The third-order valence-electron chi connectivity index (χ3n) is 4.26. The summed E-state index contributed by atoms with van der Waals surface area (Å²) < 4.78 is 19.7. The fourth-order valence-corrected chi connectivity index (χ4v) is 3.10. The standard InChI is InChI=1S/C18H23FN2O2/c1-18(2,3)23-17(22)21-8-5-12(6-9-21)14-10-13-4-7-20-16(13)11-15(14)19/h4,7,10-12,20H,5-6,8-9H2,1-3H3. The first-order valence-electron chi connectivity index (χ1n) is 8.08. The Morgan fingerprint density at radius 1 is 1.30 bits per heavy atom. The first-order valence-corrected chi connectivity index (χ1v) is 8.08. The average molecular weight is 318 g/mol. The summed E-state index contributed by atoms with van der Waals surface area (Å²) in [6.07, 6.45) is 3.05. The Kier molecular flexibility index (Phi) is 4.04. The highest BCUT2D eigenvalue weighted by Crippen LogP contribution is 2.32. The Labute approximate surface area is 135 Å². The smallest absolute Gasteiger partial charge is 0.410 e. The summed E-state index contributed by atoms with van der Waals surface area (Å²) in [7, 11) is 0. The molecule has 0 unspecified atom stereocenters. The Bertz CT molecular complexity index is 709. The maximum absolute atomic E-state index is 14.3. The van der Waals surface area contributed by atoms with Gasteiger partial charge >= 0.3 is 6.09 Å². The van der Waals surface area contributed by atoms with Gasteiger partial charge in [-0.2, -0.15) is 0 Å². The molecule has 4 nitrogen and oxygen atoms in total. The minimum absolute atomic E-state index is 0.146. The molecule has 1 saturated heterocycles. The zero-order chi connectivity index (χ0) is 16.6. The zero-order valence-electron chi connectivity index (χ0n) is 13.9. The van der Waals surface area contributed by atoms with Crippen molar-refractivity contribution in [3.63, 3.8) is 0 Å². The van der Waals surface area contributed by atoms with Gasteiger partial charge in [-0.25, -0.2) is 9.18 Å². The van der Waals surface area contributed by atoms with Crippen LogP contribution in [-0.4, -0.2) is 34.7 Å². The Hall–Kier alpha value is -2.04. The molecule has 3 rings (SSSR count). The molecule has 1 N–H and O–H groups in total. The van der Waals surface area contributed by atoms with Crippen LogP contribution in [-0.2, 0) is 4.74 Å². The number of fused-ring (bicyclic) bond motifs is 1. The average Bonchev–Trinajstić information content (AvgIpc) is 2.92. The molecular formula is C18H23FN2O2. The van der Waals surface area contributed by atoms with Crippen molar-refractivity contribution >= 4 is 17.0 Å². The second kappa shape index (κ2) is 5.87. The number of aromatic nitrogens is 1. The summed E-state index contributed by atoms with van der Waals surface area (Å²) in [6.45, 7) is 6.78. The van der Waals surface area contributed by atoms with E-state index in [1.807, 2.05) is 39.1 Å². The number of hydrogen-bond acceptors (Lipinski definition) is 2. The Balaban J connectivity index is 1.68. The number of H-pyrrole nitrogens is 1. The minimum Gasteiger partial charge on any atom is -0.444 e. The molecule has 1 fully saturated rings. The Morgan fingerprint density at radius 3 is 2.65 bits per heavy atom. The number of nitrogens with zero attached hydrogens (tertiary/aromatic N) is 1. The topological polar surface area (TPSA) is 45.3 Å². The molecule has 23 heavy (non-hydrogen) atoms. The van der Waals surface area contributed by atoms with E-state index in [1.165, 1.54) is 0 Å². The molecule has 1 aliphatic rings. The molecule has 0 aliphatic carbocycles. The first kappa shape index (κ1) is 15.8. The normalized spacial score (nSPS) is 16.8. The van der Waals surface area contributed by atoms with E-state index in [4.69, 9.17) is 4.74 Å². The number of carbonyl (C=O) groups is 1. The van der Waals surface area contributed by atoms with Gasteiger partial charge in [0.1, 0.15) is 11.4 Å². The van der Waals surface area contributed by atoms with Crippen LogP contribution >= 0.6 is 0 Å². The lowest BCUT2D eigenvalue weighted by Gasteiger charge is -2.33. The van der Waals surface area contributed by atoms with E-state index in [9.17, 15) is 9.18 Å². The number of aromatic amines is 1. The lowest BCUT2D eigenvalue weighted by atomic mass is 9.88. The van der Waals surface area contributed by atoms with Crippen molar-refractivity contribution in [2.45, 2.75) is 45.1 Å². The van der Waals surface area contributed by atoms with Crippen molar-refractivity contribution in [3.8, 4) is 0 Å². The number of hydrogen-bond donors (Lipinski definition) is 1. The molecule has 1 aliphatic heterocycles. The molecular weight excluding hydrogens is 295 g/mol. The van der Waals surface area contributed by atoms with Crippen LogP contribution < -0.4 is 0 Å². The molecule has 1 aromatic carbocycles. The molecule has 0 saturated carbocycles. The van der Waals surface area contributed by atoms with Gasteiger partial charge in [0.25, 0.3) is 0 Å². The van der Waals surface area contributed by atoms with Crippen molar-refractivity contribution in [1.82, 2.24) is 9.88 Å². The number of amides is 1. The lowest BCUT2D eigenvalue weighted by Crippen LogP contribution is -2.41. The molecule has 124 valence electrons. The number of ether oxygens (including phenoxy) is 1. The lowest BCUT2D eigenvalue weighted by molar-refractivity contribution is 0.0204. The molecule has 1 amide bonds. The highest BCUT2D eigenvalue weighted by atomic mass is 19.1. The van der Waals surface area contributed by atoms with E-state index in [-0.39, 0.29) is 17.8 Å². The van der Waals surface area contributed by atoms with Crippen LogP contribution in [0.1, 0.15) is 45.1 Å². The summed E-state index contributed by atoms with van der Waals surface area (Å²) in [4.78, 5) is 16.8. The molecule has 0 spiro atoms. The van der Waals surface area contributed by atoms with Gasteiger partial charge in [0, 0.05) is 24.8 Å². The van der Waals surface area contributed by atoms with Gasteiger partial charge < -0.3 is 14.6 Å². The van der Waals surface area contributed by atoms with Crippen LogP contribution in [0.5, 0.6) is 0 Å². The minimum atomic E-state index is -0.487. The summed E-state index contributed by atoms with van der Waals surface area (Å²) >= 11 is 0. The third kappa shape index (κ3) is 3.49. The summed E-state index contributed by atoms with van der Waals surface area (Å²) in [5.74, 6) is -0.0244. The van der Waals surface area contributed by atoms with E-state index in [1.54, 1.807) is 11.0 Å². The van der Waals surface area contributed by atoms with Crippen LogP contribution in [0.4, 0.5) is 9.18 Å². The molecule has 0 atom stereocenters. The van der Waals surface area contributed by atoms with E-state index < -0.39 is 5.60 Å². The van der Waals surface area contributed by atoms with Gasteiger partial charge in [-0.15, -0.1) is 0 Å². The van der Waals surface area contributed by atoms with Crippen LogP contribution in [0.3, 0.4) is 0 Å². The van der Waals surface area contributed by atoms with E-state index in [0.717, 1.165) is 29.3 Å². The van der Waals surface area contributed by atoms with Crippen molar-refractivity contribution < 1.29 is 13.9 Å². The quantitative estimate of drug-likeness (QED) is 0.846. The maximum Gasteiger partial charge on any atom is 0.410 e. The van der Waals surface area contributed by atoms with Gasteiger partial charge in [0.15, 0.2) is 0 Å². The largest absolute Gasteiger partial charge is 0.444 e. The summed E-state index contributed by atoms with van der Waals surface area (Å²) in [5, 5.41) is 1.02. The van der Waals surface area contributed by atoms with Crippen LogP contribution in [0.25, 0.3) is 10.9 Å². The molecule has 0 bridgehead atoms. The SMILES string of the molecule is CC(C)(C)OC(=O)N1CCC(c2cc3cc[nH]c3cc2F)CC1. The number of rotatable bonds is 1. The van der Waals surface area contributed by atoms with Crippen molar-refractivity contribution in [2.24, 2.45) is 0 Å². The highest BCUT2D eigenvalue weighted by molar-refractivity contribution is 5.80. The molecule has 5 heteroatoms. The van der Waals surface area contributed by atoms with Crippen molar-refractivity contribution in [1.29, 1.82) is 0 Å². The number of halogens is 1. The van der Waals surface area contributed by atoms with E-state index in [0.29, 0.717) is 13.1 Å². The van der Waals surface area contributed by atoms with Crippen molar-refractivity contribution in [3.05, 3.63) is 35.8 Å². The van der Waals surface area contributed by atoms with Gasteiger partial charge in [-0.3, -0.25) is 0 Å². The second-order valence-corrected chi connectivity index (χ2v) is 7.18. The summed E-state index contributed by atoms with van der Waals surface area (Å²) in [6, 6.07) is 5.44. The van der Waals surface area contributed by atoms with Gasteiger partial charge in [-0.05, 0) is 68.7 Å².